The number of carbonyl (C=O) groups is 4. The number of aliphatic carboxylic acids is 1. The SMILES string of the molecule is C=C(C)C(=O)CCCCCCC(=O)NCCSSc1ccccn1.C=C(C)C(=O)CCCCCCC(=O)O.NCCSSc1ccccn1. The molecule has 0 aromatic carbocycles. The Labute approximate surface area is 309 Å². The summed E-state index contributed by atoms with van der Waals surface area (Å²) < 4.78 is 0. The van der Waals surface area contributed by atoms with E-state index in [9.17, 15) is 19.2 Å². The second-order valence-corrected chi connectivity index (χ2v) is 15.8. The van der Waals surface area contributed by atoms with Crippen molar-refractivity contribution in [1.29, 1.82) is 0 Å². The van der Waals surface area contributed by atoms with Crippen LogP contribution in [-0.4, -0.2) is 63.1 Å². The van der Waals surface area contributed by atoms with Crippen LogP contribution in [0.3, 0.4) is 0 Å². The van der Waals surface area contributed by atoms with Crippen LogP contribution in [0.2, 0.25) is 0 Å². The zero-order valence-corrected chi connectivity index (χ0v) is 32.3. The molecule has 0 saturated carbocycles. The van der Waals surface area contributed by atoms with Crippen molar-refractivity contribution in [2.24, 2.45) is 5.73 Å². The summed E-state index contributed by atoms with van der Waals surface area (Å²) in [5.74, 6) is 1.45. The van der Waals surface area contributed by atoms with Crippen LogP contribution in [-0.2, 0) is 19.2 Å². The summed E-state index contributed by atoms with van der Waals surface area (Å²) in [4.78, 5) is 52.7. The van der Waals surface area contributed by atoms with Crippen LogP contribution in [0.5, 0.6) is 0 Å². The van der Waals surface area contributed by atoms with E-state index in [0.717, 1.165) is 73.0 Å². The van der Waals surface area contributed by atoms with Crippen LogP contribution in [0.25, 0.3) is 0 Å². The summed E-state index contributed by atoms with van der Waals surface area (Å²) in [6.45, 7) is 12.1. The van der Waals surface area contributed by atoms with E-state index in [2.05, 4.69) is 28.4 Å². The molecule has 13 heteroatoms. The Morgan fingerprint density at radius 1 is 0.694 bits per heavy atom. The third kappa shape index (κ3) is 31.2. The monoisotopic (exact) mass is 750 g/mol. The number of nitrogens with two attached hydrogens (primary N) is 1. The average molecular weight is 751 g/mol. The molecule has 0 saturated heterocycles. The van der Waals surface area contributed by atoms with Gasteiger partial charge in [-0.25, -0.2) is 9.97 Å². The Bertz CT molecular complexity index is 1220. The predicted molar refractivity (Wildman–Crippen MR) is 210 cm³/mol. The van der Waals surface area contributed by atoms with Gasteiger partial charge < -0.3 is 16.2 Å². The molecule has 0 spiro atoms. The van der Waals surface area contributed by atoms with Crippen LogP contribution in [0.1, 0.15) is 90.9 Å². The number of nitrogens with one attached hydrogen (secondary N) is 1. The number of ketones is 2. The van der Waals surface area contributed by atoms with Crippen LogP contribution in [0.4, 0.5) is 0 Å². The Balaban J connectivity index is 0.000000778. The molecule has 1 amide bonds. The molecule has 0 aliphatic rings. The number of aromatic nitrogens is 2. The Kier molecular flexibility index (Phi) is 30.9. The maximum absolute atomic E-state index is 11.7. The molecule has 2 heterocycles. The molecule has 0 aliphatic heterocycles. The van der Waals surface area contributed by atoms with Crippen molar-refractivity contribution in [3.05, 3.63) is 73.1 Å². The highest BCUT2D eigenvalue weighted by molar-refractivity contribution is 8.77. The molecule has 9 nitrogen and oxygen atoms in total. The lowest BCUT2D eigenvalue weighted by Crippen LogP contribution is -2.25. The predicted octanol–water partition coefficient (Wildman–Crippen LogP) is 8.76. The van der Waals surface area contributed by atoms with Crippen molar-refractivity contribution < 1.29 is 24.3 Å². The summed E-state index contributed by atoms with van der Waals surface area (Å²) in [5, 5.41) is 13.3. The Morgan fingerprint density at radius 2 is 1.14 bits per heavy atom. The first kappa shape index (κ1) is 46.4. The number of rotatable bonds is 25. The summed E-state index contributed by atoms with van der Waals surface area (Å²) in [5.41, 5.74) is 6.58. The van der Waals surface area contributed by atoms with E-state index in [-0.39, 0.29) is 23.9 Å². The number of carboxylic acid groups (broad SMARTS) is 1. The summed E-state index contributed by atoms with van der Waals surface area (Å²) in [7, 11) is 6.72. The summed E-state index contributed by atoms with van der Waals surface area (Å²) in [6.07, 6.45) is 12.6. The third-order valence-electron chi connectivity index (χ3n) is 6.33. The molecule has 0 aliphatic carbocycles. The van der Waals surface area contributed by atoms with E-state index in [0.29, 0.717) is 43.4 Å². The molecule has 0 unspecified atom stereocenters. The van der Waals surface area contributed by atoms with E-state index in [1.165, 1.54) is 0 Å². The lowest BCUT2D eigenvalue weighted by molar-refractivity contribution is -0.137. The first-order chi connectivity index (χ1) is 23.6. The van der Waals surface area contributed by atoms with Crippen molar-refractivity contribution in [2.45, 2.75) is 101 Å². The van der Waals surface area contributed by atoms with Gasteiger partial charge in [0.1, 0.15) is 10.1 Å². The summed E-state index contributed by atoms with van der Waals surface area (Å²) >= 11 is 0. The van der Waals surface area contributed by atoms with Gasteiger partial charge in [0, 0.05) is 62.7 Å². The van der Waals surface area contributed by atoms with E-state index in [1.54, 1.807) is 69.4 Å². The lowest BCUT2D eigenvalue weighted by atomic mass is 10.1. The van der Waals surface area contributed by atoms with Gasteiger partial charge in [0.05, 0.1) is 0 Å². The van der Waals surface area contributed by atoms with Crippen molar-refractivity contribution in [3.63, 3.8) is 0 Å². The second-order valence-electron chi connectivity index (χ2n) is 10.9. The van der Waals surface area contributed by atoms with Gasteiger partial charge in [-0.3, -0.25) is 19.2 Å². The average Bonchev–Trinajstić information content (AvgIpc) is 3.09. The van der Waals surface area contributed by atoms with Crippen LogP contribution in [0, 0.1) is 0 Å². The molecular weight excluding hydrogens is 697 g/mol. The molecular formula is C36H54N4O5S4. The fourth-order valence-corrected chi connectivity index (χ4v) is 7.15. The number of hydrogen-bond acceptors (Lipinski definition) is 11. The molecule has 272 valence electrons. The number of Topliss-reactive ketones (excluding diaryl/α,β-unsaturated/α-hetero) is 2. The zero-order chi connectivity index (χ0) is 36.5. The minimum atomic E-state index is -0.747. The molecule has 49 heavy (non-hydrogen) atoms. The van der Waals surface area contributed by atoms with Gasteiger partial charge in [0.15, 0.2) is 11.6 Å². The normalized spacial score (nSPS) is 10.1. The highest BCUT2D eigenvalue weighted by Crippen LogP contribution is 2.28. The van der Waals surface area contributed by atoms with Gasteiger partial charge in [0.25, 0.3) is 0 Å². The fourth-order valence-electron chi connectivity index (χ4n) is 3.63. The molecule has 0 bridgehead atoms. The molecule has 0 radical (unpaired) electrons. The number of amides is 1. The Hall–Kier alpha value is -2.58. The van der Waals surface area contributed by atoms with E-state index >= 15 is 0 Å². The zero-order valence-electron chi connectivity index (χ0n) is 29.0. The third-order valence-corrected chi connectivity index (χ3v) is 10.9. The number of carboxylic acids is 1. The standard InChI is InChI=1S/C18H26N2O2S2.C11H18O3.C7H10N2S2/c1-15(2)16(21)9-5-3-4-6-10-17(22)19-13-14-23-24-18-11-7-8-12-20-18;1-9(2)10(12)7-5-3-4-6-8-11(13)14;8-4-6-10-11-7-3-1-2-5-9-7/h7-8,11-12H,1,3-6,9-10,13-14H2,2H3,(H,19,22);1,3-8H2,2H3,(H,13,14);1-3,5H,4,6,8H2. The number of unbranched alkanes of at least 4 members (excludes halogenated alkanes) is 6. The van der Waals surface area contributed by atoms with E-state index in [1.807, 2.05) is 36.4 Å². The molecule has 2 aromatic rings. The highest BCUT2D eigenvalue weighted by Gasteiger charge is 2.04. The van der Waals surface area contributed by atoms with Crippen molar-refractivity contribution in [1.82, 2.24) is 15.3 Å². The van der Waals surface area contributed by atoms with Crippen LogP contribution < -0.4 is 11.1 Å². The largest absolute Gasteiger partial charge is 0.481 e. The minimum absolute atomic E-state index is 0.108. The maximum atomic E-state index is 11.7. The topological polar surface area (TPSA) is 152 Å². The molecule has 4 N–H and O–H groups in total. The smallest absolute Gasteiger partial charge is 0.303 e. The first-order valence-electron chi connectivity index (χ1n) is 16.5. The lowest BCUT2D eigenvalue weighted by Gasteiger charge is -2.05. The number of allylic oxidation sites excluding steroid dienone is 2. The highest BCUT2D eigenvalue weighted by atomic mass is 33.1. The van der Waals surface area contributed by atoms with Gasteiger partial charge in [-0.05, 0) is 96.5 Å². The molecule has 2 rings (SSSR count). The second kappa shape index (κ2) is 32.6. The number of hydrogen-bond donors (Lipinski definition) is 3. The first-order valence-corrected chi connectivity index (χ1v) is 21.2. The molecule has 2 aromatic heterocycles. The van der Waals surface area contributed by atoms with Gasteiger partial charge in [-0.2, -0.15) is 0 Å². The van der Waals surface area contributed by atoms with Crippen molar-refractivity contribution in [3.8, 4) is 0 Å². The fraction of sp³-hybridized carbons (Fsp3) is 0.500. The van der Waals surface area contributed by atoms with E-state index < -0.39 is 5.97 Å². The number of carbonyl (C=O) groups excluding carboxylic acids is 3. The molecule has 0 fully saturated rings. The quantitative estimate of drug-likeness (QED) is 0.0505. The van der Waals surface area contributed by atoms with Crippen LogP contribution >= 0.6 is 43.2 Å². The molecule has 0 atom stereocenters. The van der Waals surface area contributed by atoms with Gasteiger partial charge in [0.2, 0.25) is 5.91 Å². The van der Waals surface area contributed by atoms with Gasteiger partial charge in [-0.1, -0.05) is 72.6 Å². The minimum Gasteiger partial charge on any atom is -0.481 e. The van der Waals surface area contributed by atoms with Crippen LogP contribution in [0.15, 0.2) is 83.1 Å². The van der Waals surface area contributed by atoms with Crippen molar-refractivity contribution in [2.75, 3.05) is 24.6 Å². The summed E-state index contributed by atoms with van der Waals surface area (Å²) in [6, 6.07) is 11.7. The van der Waals surface area contributed by atoms with Gasteiger partial charge >= 0.3 is 5.97 Å². The Morgan fingerprint density at radius 3 is 1.55 bits per heavy atom. The number of pyridine rings is 2. The van der Waals surface area contributed by atoms with Crippen molar-refractivity contribution >= 4 is 66.6 Å². The number of nitrogens with zero attached hydrogens (tertiary/aromatic N) is 2. The van der Waals surface area contributed by atoms with Gasteiger partial charge in [-0.15, -0.1) is 0 Å². The maximum Gasteiger partial charge on any atom is 0.303 e. The van der Waals surface area contributed by atoms with E-state index in [4.69, 9.17) is 10.8 Å².